The molecule has 0 saturated carbocycles. The lowest BCUT2D eigenvalue weighted by molar-refractivity contribution is -0.132. The summed E-state index contributed by atoms with van der Waals surface area (Å²) in [5.74, 6) is 0.388. The van der Waals surface area contributed by atoms with E-state index >= 15 is 0 Å². The zero-order valence-corrected chi connectivity index (χ0v) is 16.0. The molecule has 0 aromatic heterocycles. The minimum atomic E-state index is -0.255. The number of aryl methyl sites for hydroxylation is 1. The van der Waals surface area contributed by atoms with E-state index in [1.807, 2.05) is 37.3 Å². The maximum absolute atomic E-state index is 12.3. The Morgan fingerprint density at radius 2 is 1.85 bits per heavy atom. The van der Waals surface area contributed by atoms with Crippen LogP contribution in [-0.2, 0) is 16.0 Å². The van der Waals surface area contributed by atoms with Gasteiger partial charge in [0.2, 0.25) is 11.8 Å². The van der Waals surface area contributed by atoms with Gasteiger partial charge in [0.1, 0.15) is 5.75 Å². The number of amides is 2. The molecule has 0 heterocycles. The summed E-state index contributed by atoms with van der Waals surface area (Å²) in [5.41, 5.74) is 2.63. The van der Waals surface area contributed by atoms with E-state index in [-0.39, 0.29) is 18.4 Å². The molecule has 138 valence electrons. The first-order chi connectivity index (χ1) is 12.4. The molecule has 1 N–H and O–H groups in total. The van der Waals surface area contributed by atoms with E-state index in [1.165, 1.54) is 11.8 Å². The van der Waals surface area contributed by atoms with Crippen molar-refractivity contribution in [2.24, 2.45) is 0 Å². The van der Waals surface area contributed by atoms with Crippen LogP contribution in [0.5, 0.6) is 5.75 Å². The normalized spacial score (nSPS) is 10.3. The van der Waals surface area contributed by atoms with Gasteiger partial charge in [0, 0.05) is 24.2 Å². The summed E-state index contributed by atoms with van der Waals surface area (Å²) in [4.78, 5) is 25.6. The summed E-state index contributed by atoms with van der Waals surface area (Å²) >= 11 is 6.07. The van der Waals surface area contributed by atoms with Gasteiger partial charge in [-0.05, 0) is 48.7 Å². The third-order valence-electron chi connectivity index (χ3n) is 4.06. The van der Waals surface area contributed by atoms with Gasteiger partial charge >= 0.3 is 0 Å². The first kappa shape index (κ1) is 19.8. The molecular weight excluding hydrogens is 352 g/mol. The lowest BCUT2D eigenvalue weighted by atomic mass is 10.1. The molecule has 2 amide bonds. The molecule has 0 aliphatic carbocycles. The summed E-state index contributed by atoms with van der Waals surface area (Å²) in [5, 5.41) is 3.36. The Kier molecular flexibility index (Phi) is 7.04. The maximum Gasteiger partial charge on any atom is 0.243 e. The molecule has 2 aromatic rings. The Balaban J connectivity index is 1.92. The highest BCUT2D eigenvalue weighted by Crippen LogP contribution is 2.20. The smallest absolute Gasteiger partial charge is 0.243 e. The number of halogens is 1. The molecule has 0 aliphatic heterocycles. The van der Waals surface area contributed by atoms with Gasteiger partial charge in [-0.2, -0.15) is 0 Å². The minimum Gasteiger partial charge on any atom is -0.497 e. The van der Waals surface area contributed by atoms with Crippen LogP contribution >= 0.6 is 11.6 Å². The highest BCUT2D eigenvalue weighted by atomic mass is 35.5. The van der Waals surface area contributed by atoms with Crippen LogP contribution in [0.25, 0.3) is 0 Å². The van der Waals surface area contributed by atoms with E-state index in [0.29, 0.717) is 23.7 Å². The Labute approximate surface area is 158 Å². The van der Waals surface area contributed by atoms with Gasteiger partial charge in [0.25, 0.3) is 0 Å². The SMILES string of the molecule is COc1ccc(CCN(CC(=O)Nc2ccc(C)c(Cl)c2)C(C)=O)cc1. The Bertz CT molecular complexity index is 775. The van der Waals surface area contributed by atoms with Crippen LogP contribution in [0.1, 0.15) is 18.1 Å². The van der Waals surface area contributed by atoms with E-state index in [9.17, 15) is 9.59 Å². The first-order valence-electron chi connectivity index (χ1n) is 8.33. The number of rotatable bonds is 7. The van der Waals surface area contributed by atoms with Gasteiger partial charge in [-0.25, -0.2) is 0 Å². The van der Waals surface area contributed by atoms with Gasteiger partial charge in [-0.15, -0.1) is 0 Å². The first-order valence-corrected chi connectivity index (χ1v) is 8.71. The molecule has 0 saturated heterocycles. The Hall–Kier alpha value is -2.53. The number of hydrogen-bond donors (Lipinski definition) is 1. The van der Waals surface area contributed by atoms with Crippen molar-refractivity contribution in [1.29, 1.82) is 0 Å². The molecular formula is C20H23ClN2O3. The molecule has 2 aromatic carbocycles. The van der Waals surface area contributed by atoms with Crippen LogP contribution in [0.3, 0.4) is 0 Å². The average Bonchev–Trinajstić information content (AvgIpc) is 2.62. The third-order valence-corrected chi connectivity index (χ3v) is 4.47. The van der Waals surface area contributed by atoms with Gasteiger partial charge in [0.15, 0.2) is 0 Å². The lowest BCUT2D eigenvalue weighted by Gasteiger charge is -2.20. The topological polar surface area (TPSA) is 58.6 Å². The van der Waals surface area contributed by atoms with Gasteiger partial charge < -0.3 is 15.0 Å². The van der Waals surface area contributed by atoms with Crippen molar-refractivity contribution in [3.8, 4) is 5.75 Å². The molecule has 0 bridgehead atoms. The maximum atomic E-state index is 12.3. The van der Waals surface area contributed by atoms with Crippen LogP contribution in [0.2, 0.25) is 5.02 Å². The number of nitrogens with zero attached hydrogens (tertiary/aromatic N) is 1. The van der Waals surface area contributed by atoms with Crippen molar-refractivity contribution in [1.82, 2.24) is 4.90 Å². The highest BCUT2D eigenvalue weighted by Gasteiger charge is 2.14. The predicted molar refractivity (Wildman–Crippen MR) is 104 cm³/mol. The molecule has 5 nitrogen and oxygen atoms in total. The largest absolute Gasteiger partial charge is 0.497 e. The van der Waals surface area contributed by atoms with Gasteiger partial charge in [0.05, 0.1) is 13.7 Å². The number of methoxy groups -OCH3 is 1. The predicted octanol–water partition coefficient (Wildman–Crippen LogP) is 3.69. The molecule has 0 unspecified atom stereocenters. The third kappa shape index (κ3) is 5.77. The number of hydrogen-bond acceptors (Lipinski definition) is 3. The second kappa shape index (κ2) is 9.25. The molecule has 0 aliphatic rings. The second-order valence-electron chi connectivity index (χ2n) is 6.05. The molecule has 0 fully saturated rings. The van der Waals surface area contributed by atoms with E-state index in [2.05, 4.69) is 5.32 Å². The number of carbonyl (C=O) groups is 2. The van der Waals surface area contributed by atoms with Crippen LogP contribution < -0.4 is 10.1 Å². The molecule has 26 heavy (non-hydrogen) atoms. The molecule has 6 heteroatoms. The standard InChI is InChI=1S/C20H23ClN2O3/c1-14-4-7-17(12-19(14)21)22-20(25)13-23(15(2)24)11-10-16-5-8-18(26-3)9-6-16/h4-9,12H,10-11,13H2,1-3H3,(H,22,25). The minimum absolute atomic E-state index is 0.00299. The average molecular weight is 375 g/mol. The van der Waals surface area contributed by atoms with Crippen LogP contribution in [-0.4, -0.2) is 36.9 Å². The van der Waals surface area contributed by atoms with Gasteiger partial charge in [-0.3, -0.25) is 9.59 Å². The van der Waals surface area contributed by atoms with Crippen molar-refractivity contribution in [2.75, 3.05) is 25.5 Å². The van der Waals surface area contributed by atoms with Crippen molar-refractivity contribution < 1.29 is 14.3 Å². The summed E-state index contributed by atoms with van der Waals surface area (Å²) in [6.45, 7) is 3.81. The lowest BCUT2D eigenvalue weighted by Crippen LogP contribution is -2.38. The van der Waals surface area contributed by atoms with E-state index in [0.717, 1.165) is 16.9 Å². The van der Waals surface area contributed by atoms with E-state index in [1.54, 1.807) is 19.2 Å². The fourth-order valence-electron chi connectivity index (χ4n) is 2.45. The Morgan fingerprint density at radius 3 is 2.42 bits per heavy atom. The van der Waals surface area contributed by atoms with E-state index < -0.39 is 0 Å². The number of carbonyl (C=O) groups excluding carboxylic acids is 2. The Morgan fingerprint density at radius 1 is 1.15 bits per heavy atom. The molecule has 0 spiro atoms. The molecule has 0 radical (unpaired) electrons. The highest BCUT2D eigenvalue weighted by molar-refractivity contribution is 6.31. The van der Waals surface area contributed by atoms with Crippen LogP contribution in [0.4, 0.5) is 5.69 Å². The zero-order valence-electron chi connectivity index (χ0n) is 15.2. The van der Waals surface area contributed by atoms with Crippen molar-refractivity contribution in [3.63, 3.8) is 0 Å². The fourth-order valence-corrected chi connectivity index (χ4v) is 2.63. The molecule has 2 rings (SSSR count). The van der Waals surface area contributed by atoms with E-state index in [4.69, 9.17) is 16.3 Å². The number of benzene rings is 2. The monoisotopic (exact) mass is 374 g/mol. The number of ether oxygens (including phenoxy) is 1. The quantitative estimate of drug-likeness (QED) is 0.804. The summed E-state index contributed by atoms with van der Waals surface area (Å²) in [6, 6.07) is 13.0. The summed E-state index contributed by atoms with van der Waals surface area (Å²) in [7, 11) is 1.62. The second-order valence-corrected chi connectivity index (χ2v) is 6.46. The molecule has 0 atom stereocenters. The number of anilines is 1. The summed E-state index contributed by atoms with van der Waals surface area (Å²) in [6.07, 6.45) is 0.660. The van der Waals surface area contributed by atoms with Gasteiger partial charge in [-0.1, -0.05) is 29.8 Å². The number of nitrogens with one attached hydrogen (secondary N) is 1. The van der Waals surface area contributed by atoms with Crippen molar-refractivity contribution >= 4 is 29.1 Å². The van der Waals surface area contributed by atoms with Crippen LogP contribution in [0, 0.1) is 6.92 Å². The fraction of sp³-hybridized carbons (Fsp3) is 0.300. The van der Waals surface area contributed by atoms with Crippen molar-refractivity contribution in [3.05, 3.63) is 58.6 Å². The van der Waals surface area contributed by atoms with Crippen molar-refractivity contribution in [2.45, 2.75) is 20.3 Å². The summed E-state index contributed by atoms with van der Waals surface area (Å²) < 4.78 is 5.13. The zero-order chi connectivity index (χ0) is 19.1. The van der Waals surface area contributed by atoms with Crippen LogP contribution in [0.15, 0.2) is 42.5 Å².